The maximum absolute atomic E-state index is 8.30. The fourth-order valence-electron chi connectivity index (χ4n) is 0.984. The molecule has 0 aliphatic heterocycles. The highest BCUT2D eigenvalue weighted by atomic mass is 16.5. The summed E-state index contributed by atoms with van der Waals surface area (Å²) >= 11 is 0. The van der Waals surface area contributed by atoms with Gasteiger partial charge in [0.15, 0.2) is 0 Å². The quantitative estimate of drug-likeness (QED) is 0.558. The van der Waals surface area contributed by atoms with Crippen molar-refractivity contribution in [3.05, 3.63) is 18.2 Å². The van der Waals surface area contributed by atoms with E-state index in [9.17, 15) is 0 Å². The number of hydrogen-bond donors (Lipinski definition) is 2. The first-order chi connectivity index (χ1) is 6.74. The van der Waals surface area contributed by atoms with E-state index in [1.165, 1.54) is 0 Å². The Labute approximate surface area is 83.1 Å². The van der Waals surface area contributed by atoms with Gasteiger partial charge in [-0.25, -0.2) is 0 Å². The van der Waals surface area contributed by atoms with E-state index in [0.29, 0.717) is 30.2 Å². The summed E-state index contributed by atoms with van der Waals surface area (Å²) in [5.41, 5.74) is 12.2. The first-order valence-electron chi connectivity index (χ1n) is 4.39. The topological polar surface area (TPSA) is 85.1 Å². The molecule has 1 aromatic carbocycles. The number of ether oxygens (including phenoxy) is 1. The lowest BCUT2D eigenvalue weighted by molar-refractivity contribution is 0.313. The predicted octanol–water partition coefficient (Wildman–Crippen LogP) is 1.53. The number of anilines is 2. The molecule has 0 fully saturated rings. The van der Waals surface area contributed by atoms with E-state index in [1.807, 2.05) is 6.07 Å². The highest BCUT2D eigenvalue weighted by molar-refractivity contribution is 5.65. The lowest BCUT2D eigenvalue weighted by Gasteiger charge is -2.06. The molecule has 0 radical (unpaired) electrons. The molecule has 0 bridgehead atoms. The van der Waals surface area contributed by atoms with Crippen molar-refractivity contribution in [3.63, 3.8) is 0 Å². The molecular weight excluding hydrogens is 178 g/mol. The van der Waals surface area contributed by atoms with E-state index < -0.39 is 0 Å². The Kier molecular flexibility index (Phi) is 3.62. The predicted molar refractivity (Wildman–Crippen MR) is 55.6 cm³/mol. The average molecular weight is 191 g/mol. The fraction of sp³-hybridized carbons (Fsp3) is 0.300. The lowest BCUT2D eigenvalue weighted by Crippen LogP contribution is -1.99. The van der Waals surface area contributed by atoms with E-state index >= 15 is 0 Å². The van der Waals surface area contributed by atoms with Crippen LogP contribution < -0.4 is 16.2 Å². The van der Waals surface area contributed by atoms with E-state index in [4.69, 9.17) is 21.5 Å². The third-order valence-corrected chi connectivity index (χ3v) is 1.76. The highest BCUT2D eigenvalue weighted by Crippen LogP contribution is 2.21. The number of nitriles is 1. The maximum atomic E-state index is 8.30. The number of nitrogens with zero attached hydrogens (tertiary/aromatic N) is 1. The second kappa shape index (κ2) is 4.97. The average Bonchev–Trinajstić information content (AvgIpc) is 2.18. The highest BCUT2D eigenvalue weighted by Gasteiger charge is 1.97. The molecule has 0 spiro atoms. The van der Waals surface area contributed by atoms with Gasteiger partial charge in [0.2, 0.25) is 0 Å². The third-order valence-electron chi connectivity index (χ3n) is 1.76. The molecule has 0 aliphatic carbocycles. The molecule has 14 heavy (non-hydrogen) atoms. The second-order valence-electron chi connectivity index (χ2n) is 2.90. The largest absolute Gasteiger partial charge is 0.493 e. The standard InChI is InChI=1S/C10H13N3O/c11-5-1-2-6-14-8-3-4-9(12)10(13)7-8/h3-4,7H,1-2,6,12-13H2. The summed E-state index contributed by atoms with van der Waals surface area (Å²) in [4.78, 5) is 0. The Morgan fingerprint density at radius 3 is 2.71 bits per heavy atom. The van der Waals surface area contributed by atoms with Gasteiger partial charge in [0.25, 0.3) is 0 Å². The molecule has 0 aromatic heterocycles. The van der Waals surface area contributed by atoms with Crippen molar-refractivity contribution in [1.82, 2.24) is 0 Å². The summed E-state index contributed by atoms with van der Waals surface area (Å²) < 4.78 is 5.36. The van der Waals surface area contributed by atoms with Crippen LogP contribution in [-0.2, 0) is 0 Å². The summed E-state index contributed by atoms with van der Waals surface area (Å²) in [5, 5.41) is 8.30. The minimum absolute atomic E-state index is 0.504. The SMILES string of the molecule is N#CCCCOc1ccc(N)c(N)c1. The zero-order valence-electron chi connectivity index (χ0n) is 7.86. The van der Waals surface area contributed by atoms with Gasteiger partial charge >= 0.3 is 0 Å². The van der Waals surface area contributed by atoms with Crippen LogP contribution in [0.3, 0.4) is 0 Å². The second-order valence-corrected chi connectivity index (χ2v) is 2.90. The minimum Gasteiger partial charge on any atom is -0.493 e. The van der Waals surface area contributed by atoms with Crippen LogP contribution >= 0.6 is 0 Å². The summed E-state index contributed by atoms with van der Waals surface area (Å²) in [5.74, 6) is 0.689. The summed E-state index contributed by atoms with van der Waals surface area (Å²) in [7, 11) is 0. The molecule has 4 nitrogen and oxygen atoms in total. The zero-order chi connectivity index (χ0) is 10.4. The number of unbranched alkanes of at least 4 members (excludes halogenated alkanes) is 1. The molecule has 0 unspecified atom stereocenters. The summed E-state index contributed by atoms with van der Waals surface area (Å²) in [6, 6.07) is 7.20. The number of hydrogen-bond acceptors (Lipinski definition) is 4. The van der Waals surface area contributed by atoms with Gasteiger partial charge < -0.3 is 16.2 Å². The van der Waals surface area contributed by atoms with Gasteiger partial charge in [0, 0.05) is 12.5 Å². The van der Waals surface area contributed by atoms with Crippen LogP contribution in [0.4, 0.5) is 11.4 Å². The number of nitrogen functional groups attached to an aromatic ring is 2. The molecule has 0 saturated carbocycles. The van der Waals surface area contributed by atoms with Crippen molar-refractivity contribution in [1.29, 1.82) is 5.26 Å². The number of benzene rings is 1. The van der Waals surface area contributed by atoms with Gasteiger partial charge in [-0.05, 0) is 18.6 Å². The zero-order valence-corrected chi connectivity index (χ0v) is 7.86. The van der Waals surface area contributed by atoms with Crippen molar-refractivity contribution < 1.29 is 4.74 Å². The molecule has 0 heterocycles. The van der Waals surface area contributed by atoms with Gasteiger partial charge in [-0.3, -0.25) is 0 Å². The number of nitrogens with two attached hydrogens (primary N) is 2. The lowest BCUT2D eigenvalue weighted by atomic mass is 10.2. The van der Waals surface area contributed by atoms with Crippen molar-refractivity contribution in [2.24, 2.45) is 0 Å². The van der Waals surface area contributed by atoms with Gasteiger partial charge in [0.1, 0.15) is 5.75 Å². The monoisotopic (exact) mass is 191 g/mol. The molecule has 0 saturated heterocycles. The molecular formula is C10H13N3O. The Hall–Kier alpha value is -1.89. The van der Waals surface area contributed by atoms with Crippen LogP contribution in [0.2, 0.25) is 0 Å². The smallest absolute Gasteiger partial charge is 0.121 e. The van der Waals surface area contributed by atoms with Gasteiger partial charge in [-0.2, -0.15) is 5.26 Å². The normalized spacial score (nSPS) is 9.36. The molecule has 4 N–H and O–H groups in total. The maximum Gasteiger partial charge on any atom is 0.121 e. The van der Waals surface area contributed by atoms with Crippen molar-refractivity contribution in [3.8, 4) is 11.8 Å². The molecule has 0 atom stereocenters. The van der Waals surface area contributed by atoms with Crippen molar-refractivity contribution in [2.45, 2.75) is 12.8 Å². The van der Waals surface area contributed by atoms with E-state index in [-0.39, 0.29) is 0 Å². The molecule has 1 rings (SSSR count). The van der Waals surface area contributed by atoms with Gasteiger partial charge in [0.05, 0.1) is 24.1 Å². The molecule has 0 aliphatic rings. The van der Waals surface area contributed by atoms with E-state index in [2.05, 4.69) is 0 Å². The Morgan fingerprint density at radius 2 is 2.07 bits per heavy atom. The van der Waals surface area contributed by atoms with Crippen LogP contribution in [0.25, 0.3) is 0 Å². The van der Waals surface area contributed by atoms with E-state index in [0.717, 1.165) is 6.42 Å². The Balaban J connectivity index is 2.44. The van der Waals surface area contributed by atoms with Crippen LogP contribution in [-0.4, -0.2) is 6.61 Å². The Bertz CT molecular complexity index is 344. The van der Waals surface area contributed by atoms with Crippen molar-refractivity contribution >= 4 is 11.4 Å². The minimum atomic E-state index is 0.504. The Morgan fingerprint density at radius 1 is 1.29 bits per heavy atom. The number of rotatable bonds is 4. The fourth-order valence-corrected chi connectivity index (χ4v) is 0.984. The van der Waals surface area contributed by atoms with Crippen LogP contribution in [0.15, 0.2) is 18.2 Å². The first kappa shape index (κ1) is 10.2. The third kappa shape index (κ3) is 2.87. The first-order valence-corrected chi connectivity index (χ1v) is 4.39. The molecule has 74 valence electrons. The van der Waals surface area contributed by atoms with Gasteiger partial charge in [-0.1, -0.05) is 0 Å². The summed E-state index contributed by atoms with van der Waals surface area (Å²) in [6.45, 7) is 0.525. The molecule has 0 amide bonds. The van der Waals surface area contributed by atoms with Crippen LogP contribution in [0.5, 0.6) is 5.75 Å². The molecule has 4 heteroatoms. The van der Waals surface area contributed by atoms with E-state index in [1.54, 1.807) is 18.2 Å². The molecule has 1 aromatic rings. The van der Waals surface area contributed by atoms with Crippen molar-refractivity contribution in [2.75, 3.05) is 18.1 Å². The van der Waals surface area contributed by atoms with Crippen LogP contribution in [0, 0.1) is 11.3 Å². The van der Waals surface area contributed by atoms with Gasteiger partial charge in [-0.15, -0.1) is 0 Å². The summed E-state index contributed by atoms with van der Waals surface area (Å²) in [6.07, 6.45) is 1.23. The van der Waals surface area contributed by atoms with Crippen LogP contribution in [0.1, 0.15) is 12.8 Å².